The summed E-state index contributed by atoms with van der Waals surface area (Å²) in [7, 11) is 1.36. The van der Waals surface area contributed by atoms with Gasteiger partial charge in [0.05, 0.1) is 5.92 Å². The van der Waals surface area contributed by atoms with E-state index in [1.165, 1.54) is 6.20 Å². The number of amides is 1. The normalized spacial score (nSPS) is 13.6. The molecule has 96 valence electrons. The summed E-state index contributed by atoms with van der Waals surface area (Å²) in [6.45, 7) is 3.78. The van der Waals surface area contributed by atoms with Crippen LogP contribution in [0.4, 0.5) is 0 Å². The first-order chi connectivity index (χ1) is 7.75. The van der Waals surface area contributed by atoms with Crippen LogP contribution in [0.1, 0.15) is 19.7 Å². The lowest BCUT2D eigenvalue weighted by atomic mass is 10.1. The number of nitrogens with two attached hydrogens (primary N) is 1. The fraction of sp³-hybridized carbons (Fsp3) is 0.556. The molecule has 1 rings (SSSR count). The molecule has 0 bridgehead atoms. The minimum Gasteiger partial charge on any atom is -0.369 e. The molecular weight excluding hydrogens is 266 g/mol. The number of hydrogen-bond acceptors (Lipinski definition) is 4. The van der Waals surface area contributed by atoms with E-state index in [0.29, 0.717) is 12.2 Å². The summed E-state index contributed by atoms with van der Waals surface area (Å²) in [4.78, 5) is 14.9. The van der Waals surface area contributed by atoms with Crippen molar-refractivity contribution in [2.24, 2.45) is 11.7 Å². The van der Waals surface area contributed by atoms with Crippen LogP contribution in [0.3, 0.4) is 0 Å². The van der Waals surface area contributed by atoms with E-state index in [1.807, 2.05) is 6.92 Å². The van der Waals surface area contributed by atoms with Crippen molar-refractivity contribution in [2.75, 3.05) is 0 Å². The summed E-state index contributed by atoms with van der Waals surface area (Å²) in [6, 6.07) is 0. The van der Waals surface area contributed by atoms with Gasteiger partial charge in [-0.15, -0.1) is 0 Å². The van der Waals surface area contributed by atoms with E-state index in [2.05, 4.69) is 4.98 Å². The summed E-state index contributed by atoms with van der Waals surface area (Å²) >= 11 is 0. The third-order valence-electron chi connectivity index (χ3n) is 2.36. The van der Waals surface area contributed by atoms with Crippen LogP contribution in [0.5, 0.6) is 0 Å². The fourth-order valence-electron chi connectivity index (χ4n) is 1.37. The number of aryl methyl sites for hydroxylation is 1. The molecule has 1 aromatic heterocycles. The smallest absolute Gasteiger partial charge is 0.280 e. The zero-order valence-electron chi connectivity index (χ0n) is 9.55. The Morgan fingerprint density at radius 3 is 2.65 bits per heavy atom. The SMILES string of the molecule is CCc1nc(S(=O)(=O)Cl)cn1CC(C)C(N)=O. The van der Waals surface area contributed by atoms with E-state index in [1.54, 1.807) is 11.5 Å². The third kappa shape index (κ3) is 3.44. The first kappa shape index (κ1) is 14.0. The van der Waals surface area contributed by atoms with E-state index in [9.17, 15) is 13.2 Å². The average Bonchev–Trinajstić information content (AvgIpc) is 2.60. The van der Waals surface area contributed by atoms with Gasteiger partial charge in [0.25, 0.3) is 9.05 Å². The molecule has 0 fully saturated rings. The Morgan fingerprint density at radius 2 is 2.24 bits per heavy atom. The average molecular weight is 280 g/mol. The molecule has 1 unspecified atom stereocenters. The fourth-order valence-corrected chi connectivity index (χ4v) is 2.06. The Balaban J connectivity index is 3.08. The van der Waals surface area contributed by atoms with Crippen molar-refractivity contribution < 1.29 is 13.2 Å². The predicted molar refractivity (Wildman–Crippen MR) is 63.0 cm³/mol. The Kier molecular flexibility index (Phi) is 4.16. The highest BCUT2D eigenvalue weighted by atomic mass is 35.7. The molecule has 0 radical (unpaired) electrons. The van der Waals surface area contributed by atoms with E-state index in [0.717, 1.165) is 0 Å². The molecule has 2 N–H and O–H groups in total. The molecule has 1 atom stereocenters. The van der Waals surface area contributed by atoms with Crippen molar-refractivity contribution in [1.29, 1.82) is 0 Å². The first-order valence-corrected chi connectivity index (χ1v) is 7.36. The molecule has 0 aromatic carbocycles. The molecule has 0 spiro atoms. The van der Waals surface area contributed by atoms with Gasteiger partial charge in [-0.2, -0.15) is 0 Å². The van der Waals surface area contributed by atoms with Crippen molar-refractivity contribution in [3.05, 3.63) is 12.0 Å². The largest absolute Gasteiger partial charge is 0.369 e. The van der Waals surface area contributed by atoms with Crippen LogP contribution in [-0.4, -0.2) is 23.9 Å². The maximum Gasteiger partial charge on any atom is 0.280 e. The number of halogens is 1. The highest BCUT2D eigenvalue weighted by Gasteiger charge is 2.19. The number of carbonyl (C=O) groups excluding carboxylic acids is 1. The summed E-state index contributed by atoms with van der Waals surface area (Å²) in [6.07, 6.45) is 1.86. The van der Waals surface area contributed by atoms with Gasteiger partial charge in [-0.05, 0) is 0 Å². The number of hydrogen-bond donors (Lipinski definition) is 1. The molecule has 0 aliphatic rings. The van der Waals surface area contributed by atoms with Crippen LogP contribution < -0.4 is 5.73 Å². The van der Waals surface area contributed by atoms with Gasteiger partial charge < -0.3 is 10.3 Å². The van der Waals surface area contributed by atoms with Crippen molar-refractivity contribution in [3.8, 4) is 0 Å². The van der Waals surface area contributed by atoms with Gasteiger partial charge in [-0.1, -0.05) is 13.8 Å². The molecule has 1 heterocycles. The van der Waals surface area contributed by atoms with Crippen molar-refractivity contribution in [1.82, 2.24) is 9.55 Å². The lowest BCUT2D eigenvalue weighted by Gasteiger charge is -2.10. The zero-order chi connectivity index (χ0) is 13.2. The quantitative estimate of drug-likeness (QED) is 0.794. The molecule has 0 aliphatic heterocycles. The number of nitrogens with zero attached hydrogens (tertiary/aromatic N) is 2. The van der Waals surface area contributed by atoms with Crippen LogP contribution >= 0.6 is 10.7 Å². The molecule has 8 heteroatoms. The van der Waals surface area contributed by atoms with Gasteiger partial charge in [0, 0.05) is 29.8 Å². The highest BCUT2D eigenvalue weighted by molar-refractivity contribution is 8.13. The second kappa shape index (κ2) is 5.05. The highest BCUT2D eigenvalue weighted by Crippen LogP contribution is 2.16. The molecule has 6 nitrogen and oxygen atoms in total. The third-order valence-corrected chi connectivity index (χ3v) is 3.53. The first-order valence-electron chi connectivity index (χ1n) is 5.05. The lowest BCUT2D eigenvalue weighted by Crippen LogP contribution is -2.25. The van der Waals surface area contributed by atoms with Crippen LogP contribution in [-0.2, 0) is 26.8 Å². The summed E-state index contributed by atoms with van der Waals surface area (Å²) in [5, 5.41) is -0.201. The molecule has 0 aliphatic carbocycles. The molecule has 0 saturated carbocycles. The Labute approximate surface area is 104 Å². The molecule has 1 aromatic rings. The Bertz CT molecular complexity index is 524. The maximum absolute atomic E-state index is 11.1. The Hall–Kier alpha value is -1.08. The second-order valence-corrected chi connectivity index (χ2v) is 6.26. The van der Waals surface area contributed by atoms with Gasteiger partial charge in [0.15, 0.2) is 5.03 Å². The standard InChI is InChI=1S/C9H14ClN3O3S/c1-3-7-12-8(17(10,15)16)5-13(7)4-6(2)9(11)14/h5-6H,3-4H2,1-2H3,(H2,11,14). The minimum absolute atomic E-state index is 0.201. The topological polar surface area (TPSA) is 95.1 Å². The van der Waals surface area contributed by atoms with E-state index < -0.39 is 20.9 Å². The van der Waals surface area contributed by atoms with Crippen LogP contribution in [0, 0.1) is 5.92 Å². The second-order valence-electron chi connectivity index (χ2n) is 3.74. The summed E-state index contributed by atoms with van der Waals surface area (Å²) in [5.74, 6) is -0.297. The Morgan fingerprint density at radius 1 is 1.65 bits per heavy atom. The van der Waals surface area contributed by atoms with Crippen LogP contribution in [0.25, 0.3) is 0 Å². The summed E-state index contributed by atoms with van der Waals surface area (Å²) in [5.41, 5.74) is 5.15. The van der Waals surface area contributed by atoms with Gasteiger partial charge in [0.2, 0.25) is 5.91 Å². The van der Waals surface area contributed by atoms with Crippen LogP contribution in [0.15, 0.2) is 11.2 Å². The number of carbonyl (C=O) groups is 1. The van der Waals surface area contributed by atoms with Gasteiger partial charge >= 0.3 is 0 Å². The number of primary amides is 1. The van der Waals surface area contributed by atoms with E-state index in [4.69, 9.17) is 16.4 Å². The molecular formula is C9H14ClN3O3S. The van der Waals surface area contributed by atoms with Gasteiger partial charge in [-0.25, -0.2) is 13.4 Å². The van der Waals surface area contributed by atoms with Gasteiger partial charge in [0.1, 0.15) is 5.82 Å². The molecule has 17 heavy (non-hydrogen) atoms. The van der Waals surface area contributed by atoms with E-state index in [-0.39, 0.29) is 11.6 Å². The van der Waals surface area contributed by atoms with Crippen molar-refractivity contribution >= 4 is 25.6 Å². The monoisotopic (exact) mass is 279 g/mol. The van der Waals surface area contributed by atoms with Crippen molar-refractivity contribution in [3.63, 3.8) is 0 Å². The summed E-state index contributed by atoms with van der Waals surface area (Å²) < 4.78 is 23.9. The molecule has 1 amide bonds. The number of aromatic nitrogens is 2. The maximum atomic E-state index is 11.1. The van der Waals surface area contributed by atoms with Gasteiger partial charge in [-0.3, -0.25) is 4.79 Å². The number of imidazole rings is 1. The zero-order valence-corrected chi connectivity index (χ0v) is 11.1. The van der Waals surface area contributed by atoms with E-state index >= 15 is 0 Å². The molecule has 0 saturated heterocycles. The predicted octanol–water partition coefficient (Wildman–Crippen LogP) is 0.494. The minimum atomic E-state index is -3.85. The lowest BCUT2D eigenvalue weighted by molar-refractivity contribution is -0.121. The number of rotatable bonds is 5. The van der Waals surface area contributed by atoms with Crippen LogP contribution in [0.2, 0.25) is 0 Å². The van der Waals surface area contributed by atoms with Crippen molar-refractivity contribution in [2.45, 2.75) is 31.8 Å².